The van der Waals surface area contributed by atoms with E-state index in [0.717, 1.165) is 11.5 Å². The van der Waals surface area contributed by atoms with Gasteiger partial charge in [0.15, 0.2) is 0 Å². The number of methoxy groups -OCH3 is 1. The fraction of sp³-hybridized carbons (Fsp3) is 0.158. The molecule has 3 aromatic rings. The molecule has 6 nitrogen and oxygen atoms in total. The zero-order chi connectivity index (χ0) is 18.2. The van der Waals surface area contributed by atoms with Crippen molar-refractivity contribution in [1.29, 1.82) is 0 Å². The Hall–Kier alpha value is -3.35. The minimum absolute atomic E-state index is 0.320. The molecule has 0 spiro atoms. The molecule has 0 saturated heterocycles. The Labute approximate surface area is 150 Å². The molecular formula is C19H18FN3O3. The Bertz CT molecular complexity index is 826. The topological polar surface area (TPSA) is 65.5 Å². The van der Waals surface area contributed by atoms with Crippen molar-refractivity contribution in [3.8, 4) is 23.1 Å². The summed E-state index contributed by atoms with van der Waals surface area (Å²) in [6.45, 7) is 0.963. The molecule has 0 amide bonds. The Morgan fingerprint density at radius 1 is 0.923 bits per heavy atom. The van der Waals surface area contributed by atoms with Gasteiger partial charge in [-0.25, -0.2) is 9.37 Å². The molecule has 0 aliphatic carbocycles. The number of hydrogen-bond donors (Lipinski definition) is 1. The SMILES string of the molecule is COc1ccc(OCCNc2nccc(Oc3ccc(F)cc3)n2)cc1. The van der Waals surface area contributed by atoms with E-state index < -0.39 is 0 Å². The van der Waals surface area contributed by atoms with Crippen molar-refractivity contribution in [3.05, 3.63) is 66.6 Å². The van der Waals surface area contributed by atoms with E-state index in [1.807, 2.05) is 24.3 Å². The second kappa shape index (κ2) is 8.66. The Kier molecular flexibility index (Phi) is 5.82. The second-order valence-corrected chi connectivity index (χ2v) is 5.23. The van der Waals surface area contributed by atoms with Crippen molar-refractivity contribution in [3.63, 3.8) is 0 Å². The summed E-state index contributed by atoms with van der Waals surface area (Å²) in [5, 5.41) is 3.06. The zero-order valence-electron chi connectivity index (χ0n) is 14.2. The Morgan fingerprint density at radius 2 is 1.62 bits per heavy atom. The summed E-state index contributed by atoms with van der Waals surface area (Å²) in [7, 11) is 1.62. The van der Waals surface area contributed by atoms with Crippen molar-refractivity contribution in [2.75, 3.05) is 25.6 Å². The van der Waals surface area contributed by atoms with Crippen LogP contribution in [0.5, 0.6) is 23.1 Å². The predicted molar refractivity (Wildman–Crippen MR) is 95.5 cm³/mol. The lowest BCUT2D eigenvalue weighted by Gasteiger charge is -2.09. The maximum Gasteiger partial charge on any atom is 0.226 e. The van der Waals surface area contributed by atoms with E-state index in [-0.39, 0.29) is 5.82 Å². The van der Waals surface area contributed by atoms with Gasteiger partial charge in [0.2, 0.25) is 11.8 Å². The third-order valence-corrected chi connectivity index (χ3v) is 3.38. The summed E-state index contributed by atoms with van der Waals surface area (Å²) in [6, 6.07) is 14.7. The lowest BCUT2D eigenvalue weighted by Crippen LogP contribution is -2.13. The van der Waals surface area contributed by atoms with Crippen LogP contribution in [0.25, 0.3) is 0 Å². The molecule has 1 N–H and O–H groups in total. The molecule has 0 bridgehead atoms. The molecule has 2 aromatic carbocycles. The first kappa shape index (κ1) is 17.5. The number of aromatic nitrogens is 2. The Morgan fingerprint density at radius 3 is 2.35 bits per heavy atom. The Balaban J connectivity index is 1.48. The van der Waals surface area contributed by atoms with Crippen molar-refractivity contribution < 1.29 is 18.6 Å². The van der Waals surface area contributed by atoms with E-state index in [4.69, 9.17) is 14.2 Å². The molecule has 0 aliphatic heterocycles. The highest BCUT2D eigenvalue weighted by Crippen LogP contribution is 2.20. The molecule has 3 rings (SSSR count). The van der Waals surface area contributed by atoms with Gasteiger partial charge in [-0.15, -0.1) is 0 Å². The van der Waals surface area contributed by atoms with Gasteiger partial charge in [-0.2, -0.15) is 4.98 Å². The third kappa shape index (κ3) is 5.07. The standard InChI is InChI=1S/C19H18FN3O3/c1-24-15-6-8-16(9-7-15)25-13-12-22-19-21-11-10-18(23-19)26-17-4-2-14(20)3-5-17/h2-11H,12-13H2,1H3,(H,21,22,23). The summed E-state index contributed by atoms with van der Waals surface area (Å²) >= 11 is 0. The number of ether oxygens (including phenoxy) is 3. The summed E-state index contributed by atoms with van der Waals surface area (Å²) in [5.74, 6) is 2.50. The smallest absolute Gasteiger partial charge is 0.226 e. The molecule has 26 heavy (non-hydrogen) atoms. The maximum atomic E-state index is 12.9. The van der Waals surface area contributed by atoms with Crippen LogP contribution in [0.4, 0.5) is 10.3 Å². The molecule has 1 heterocycles. The highest BCUT2D eigenvalue weighted by molar-refractivity contribution is 5.32. The van der Waals surface area contributed by atoms with E-state index in [1.165, 1.54) is 24.3 Å². The molecule has 0 atom stereocenters. The van der Waals surface area contributed by atoms with Crippen molar-refractivity contribution in [2.24, 2.45) is 0 Å². The van der Waals surface area contributed by atoms with E-state index >= 15 is 0 Å². The first-order valence-corrected chi connectivity index (χ1v) is 8.00. The zero-order valence-corrected chi connectivity index (χ0v) is 14.2. The van der Waals surface area contributed by atoms with Crippen LogP contribution in [0, 0.1) is 5.82 Å². The summed E-state index contributed by atoms with van der Waals surface area (Å²) in [4.78, 5) is 8.38. The molecule has 134 valence electrons. The van der Waals surface area contributed by atoms with Crippen LogP contribution in [-0.4, -0.2) is 30.2 Å². The quantitative estimate of drug-likeness (QED) is 0.618. The fourth-order valence-corrected chi connectivity index (χ4v) is 2.11. The summed E-state index contributed by atoms with van der Waals surface area (Å²) < 4.78 is 29.2. The highest BCUT2D eigenvalue weighted by Gasteiger charge is 2.02. The molecule has 7 heteroatoms. The normalized spacial score (nSPS) is 10.2. The first-order chi connectivity index (χ1) is 12.7. The van der Waals surface area contributed by atoms with Crippen LogP contribution in [0.1, 0.15) is 0 Å². The fourth-order valence-electron chi connectivity index (χ4n) is 2.11. The minimum atomic E-state index is -0.320. The van der Waals surface area contributed by atoms with Crippen LogP contribution in [-0.2, 0) is 0 Å². The van der Waals surface area contributed by atoms with Crippen LogP contribution < -0.4 is 19.5 Å². The lowest BCUT2D eigenvalue weighted by atomic mass is 10.3. The summed E-state index contributed by atoms with van der Waals surface area (Å²) in [6.07, 6.45) is 1.58. The van der Waals surface area contributed by atoms with Crippen molar-refractivity contribution in [2.45, 2.75) is 0 Å². The van der Waals surface area contributed by atoms with E-state index in [2.05, 4.69) is 15.3 Å². The number of rotatable bonds is 8. The molecule has 0 unspecified atom stereocenters. The average molecular weight is 355 g/mol. The van der Waals surface area contributed by atoms with Crippen LogP contribution in [0.2, 0.25) is 0 Å². The van der Waals surface area contributed by atoms with Gasteiger partial charge >= 0.3 is 0 Å². The highest BCUT2D eigenvalue weighted by atomic mass is 19.1. The van der Waals surface area contributed by atoms with Gasteiger partial charge in [-0.1, -0.05) is 0 Å². The van der Waals surface area contributed by atoms with Crippen LogP contribution in [0.3, 0.4) is 0 Å². The monoisotopic (exact) mass is 355 g/mol. The maximum absolute atomic E-state index is 12.9. The molecule has 0 saturated carbocycles. The number of nitrogens with zero attached hydrogens (tertiary/aromatic N) is 2. The summed E-state index contributed by atoms with van der Waals surface area (Å²) in [5.41, 5.74) is 0. The van der Waals surface area contributed by atoms with Crippen molar-refractivity contribution >= 4 is 5.95 Å². The van der Waals surface area contributed by atoms with Gasteiger partial charge in [0.1, 0.15) is 29.7 Å². The van der Waals surface area contributed by atoms with Gasteiger partial charge in [-0.05, 0) is 48.5 Å². The van der Waals surface area contributed by atoms with Gasteiger partial charge in [0.25, 0.3) is 0 Å². The molecule has 0 aliphatic rings. The van der Waals surface area contributed by atoms with Crippen LogP contribution >= 0.6 is 0 Å². The molecular weight excluding hydrogens is 337 g/mol. The number of hydrogen-bond acceptors (Lipinski definition) is 6. The first-order valence-electron chi connectivity index (χ1n) is 8.00. The van der Waals surface area contributed by atoms with Crippen molar-refractivity contribution in [1.82, 2.24) is 9.97 Å². The minimum Gasteiger partial charge on any atom is -0.497 e. The molecule has 0 fully saturated rings. The van der Waals surface area contributed by atoms with Crippen LogP contribution in [0.15, 0.2) is 60.8 Å². The molecule has 0 radical (unpaired) electrons. The lowest BCUT2D eigenvalue weighted by molar-refractivity contribution is 0.331. The largest absolute Gasteiger partial charge is 0.497 e. The van der Waals surface area contributed by atoms with E-state index in [9.17, 15) is 4.39 Å². The van der Waals surface area contributed by atoms with Gasteiger partial charge < -0.3 is 19.5 Å². The van der Waals surface area contributed by atoms with Gasteiger partial charge in [0, 0.05) is 12.3 Å². The third-order valence-electron chi connectivity index (χ3n) is 3.38. The number of halogens is 1. The number of benzene rings is 2. The van der Waals surface area contributed by atoms with Gasteiger partial charge in [0.05, 0.1) is 13.7 Å². The number of nitrogens with one attached hydrogen (secondary N) is 1. The van der Waals surface area contributed by atoms with E-state index in [0.29, 0.717) is 30.7 Å². The second-order valence-electron chi connectivity index (χ2n) is 5.23. The number of anilines is 1. The van der Waals surface area contributed by atoms with E-state index in [1.54, 1.807) is 19.4 Å². The predicted octanol–water partition coefficient (Wildman–Crippen LogP) is 3.91. The van der Waals surface area contributed by atoms with Gasteiger partial charge in [-0.3, -0.25) is 0 Å². The average Bonchev–Trinajstić information content (AvgIpc) is 2.68. The molecule has 1 aromatic heterocycles.